The van der Waals surface area contributed by atoms with Gasteiger partial charge in [0.05, 0.1) is 10.6 Å². The summed E-state index contributed by atoms with van der Waals surface area (Å²) in [7, 11) is 0. The molecule has 0 saturated heterocycles. The van der Waals surface area contributed by atoms with Gasteiger partial charge >= 0.3 is 0 Å². The molecule has 0 fully saturated rings. The van der Waals surface area contributed by atoms with E-state index in [9.17, 15) is 19.7 Å². The van der Waals surface area contributed by atoms with E-state index in [1.807, 2.05) is 29.6 Å². The number of amides is 2. The highest BCUT2D eigenvalue weighted by molar-refractivity contribution is 7.14. The molecule has 0 aliphatic heterocycles. The van der Waals surface area contributed by atoms with Crippen LogP contribution in [0.3, 0.4) is 0 Å². The van der Waals surface area contributed by atoms with Gasteiger partial charge in [0.1, 0.15) is 5.02 Å². The normalized spacial score (nSPS) is 10.5. The van der Waals surface area contributed by atoms with Crippen molar-refractivity contribution in [1.29, 1.82) is 0 Å². The van der Waals surface area contributed by atoms with Gasteiger partial charge in [-0.05, 0) is 30.5 Å². The summed E-state index contributed by atoms with van der Waals surface area (Å²) in [6, 6.07) is 11.8. The molecule has 0 saturated carbocycles. The van der Waals surface area contributed by atoms with Crippen LogP contribution in [-0.2, 0) is 11.2 Å². The zero-order valence-corrected chi connectivity index (χ0v) is 18.1. The van der Waals surface area contributed by atoms with Gasteiger partial charge < -0.3 is 5.32 Å². The molecule has 0 radical (unpaired) electrons. The summed E-state index contributed by atoms with van der Waals surface area (Å²) in [4.78, 5) is 38.1. The molecule has 3 aromatic rings. The Labute approximate surface area is 187 Å². The highest BCUT2D eigenvalue weighted by atomic mass is 35.5. The molecule has 0 aliphatic carbocycles. The number of anilines is 1. The van der Waals surface area contributed by atoms with Gasteiger partial charge in [0.25, 0.3) is 11.6 Å². The summed E-state index contributed by atoms with van der Waals surface area (Å²) >= 11 is 7.05. The summed E-state index contributed by atoms with van der Waals surface area (Å²) in [6.07, 6.45) is 1.71. The zero-order valence-electron chi connectivity index (χ0n) is 16.6. The number of nitro benzene ring substituents is 1. The molecular weight excluding hydrogens is 440 g/mol. The minimum Gasteiger partial charge on any atom is -0.356 e. The van der Waals surface area contributed by atoms with E-state index in [-0.39, 0.29) is 22.2 Å². The summed E-state index contributed by atoms with van der Waals surface area (Å²) in [6.45, 7) is 2.14. The molecule has 2 N–H and O–H groups in total. The van der Waals surface area contributed by atoms with Crippen molar-refractivity contribution in [3.63, 3.8) is 0 Å². The quantitative estimate of drug-likeness (QED) is 0.288. The molecule has 0 atom stereocenters. The Balaban J connectivity index is 1.62. The molecule has 3 rings (SSSR count). The Morgan fingerprint density at radius 2 is 1.94 bits per heavy atom. The SMILES string of the molecule is CC(=O)NCCCc1ccc(-c2csc(NC(=O)c3ccc(Cl)c([N+](=O)[O-])c3)n2)cc1. The summed E-state index contributed by atoms with van der Waals surface area (Å²) in [5, 5.41) is 18.6. The standard InChI is InChI=1S/C21H19ClN4O4S/c1-13(27)23-10-2-3-14-4-6-15(7-5-14)18-12-31-21(24-18)25-20(28)16-8-9-17(22)19(11-16)26(29)30/h4-9,11-12H,2-3,10H2,1H3,(H,23,27)(H,24,25,28). The largest absolute Gasteiger partial charge is 0.356 e. The second-order valence-electron chi connectivity index (χ2n) is 6.70. The van der Waals surface area contributed by atoms with Crippen LogP contribution in [0.4, 0.5) is 10.8 Å². The summed E-state index contributed by atoms with van der Waals surface area (Å²) in [5.41, 5.74) is 2.57. The van der Waals surface area contributed by atoms with Crippen LogP contribution in [0.15, 0.2) is 47.8 Å². The van der Waals surface area contributed by atoms with Crippen molar-refractivity contribution in [1.82, 2.24) is 10.3 Å². The number of thiazole rings is 1. The number of rotatable bonds is 8. The van der Waals surface area contributed by atoms with E-state index in [1.54, 1.807) is 0 Å². The fourth-order valence-electron chi connectivity index (χ4n) is 2.83. The molecule has 8 nitrogen and oxygen atoms in total. The Kier molecular flexibility index (Phi) is 7.32. The highest BCUT2D eigenvalue weighted by Gasteiger charge is 2.17. The predicted molar refractivity (Wildman–Crippen MR) is 121 cm³/mol. The van der Waals surface area contributed by atoms with Gasteiger partial charge in [0.15, 0.2) is 5.13 Å². The Hall–Kier alpha value is -3.30. The van der Waals surface area contributed by atoms with Gasteiger partial charge in [-0.15, -0.1) is 11.3 Å². The number of nitrogens with zero attached hydrogens (tertiary/aromatic N) is 2. The lowest BCUT2D eigenvalue weighted by molar-refractivity contribution is -0.384. The first-order valence-corrected chi connectivity index (χ1v) is 10.6. The van der Waals surface area contributed by atoms with Crippen molar-refractivity contribution in [2.75, 3.05) is 11.9 Å². The van der Waals surface area contributed by atoms with Crippen LogP contribution in [-0.4, -0.2) is 28.3 Å². The van der Waals surface area contributed by atoms with Crippen LogP contribution in [0.5, 0.6) is 0 Å². The second kappa shape index (κ2) is 10.1. The number of carbonyl (C=O) groups is 2. The lowest BCUT2D eigenvalue weighted by Gasteiger charge is -2.04. The van der Waals surface area contributed by atoms with Crippen LogP contribution in [0.25, 0.3) is 11.3 Å². The number of aryl methyl sites for hydroxylation is 1. The van der Waals surface area contributed by atoms with Crippen LogP contribution in [0, 0.1) is 10.1 Å². The van der Waals surface area contributed by atoms with Crippen LogP contribution in [0.2, 0.25) is 5.02 Å². The second-order valence-corrected chi connectivity index (χ2v) is 7.96. The van der Waals surface area contributed by atoms with E-state index in [0.29, 0.717) is 17.4 Å². The van der Waals surface area contributed by atoms with E-state index >= 15 is 0 Å². The third kappa shape index (κ3) is 6.09. The van der Waals surface area contributed by atoms with Crippen molar-refractivity contribution >= 4 is 45.6 Å². The lowest BCUT2D eigenvalue weighted by Crippen LogP contribution is -2.21. The van der Waals surface area contributed by atoms with E-state index in [2.05, 4.69) is 15.6 Å². The number of nitrogens with one attached hydrogen (secondary N) is 2. The van der Waals surface area contributed by atoms with Crippen molar-refractivity contribution in [3.8, 4) is 11.3 Å². The van der Waals surface area contributed by atoms with Crippen LogP contribution < -0.4 is 10.6 Å². The Morgan fingerprint density at radius 1 is 1.19 bits per heavy atom. The maximum absolute atomic E-state index is 12.4. The van der Waals surface area contributed by atoms with E-state index < -0.39 is 10.8 Å². The third-order valence-electron chi connectivity index (χ3n) is 4.40. The molecule has 1 aromatic heterocycles. The van der Waals surface area contributed by atoms with Gasteiger partial charge in [-0.25, -0.2) is 4.98 Å². The Bertz CT molecular complexity index is 1110. The smallest absolute Gasteiger partial charge is 0.288 e. The molecule has 0 spiro atoms. The first kappa shape index (κ1) is 22.4. The summed E-state index contributed by atoms with van der Waals surface area (Å²) < 4.78 is 0. The van der Waals surface area contributed by atoms with Crippen molar-refractivity contribution < 1.29 is 14.5 Å². The minimum absolute atomic E-state index is 0.0309. The first-order chi connectivity index (χ1) is 14.8. The number of hydrogen-bond donors (Lipinski definition) is 2. The Morgan fingerprint density at radius 3 is 2.61 bits per heavy atom. The average molecular weight is 459 g/mol. The molecule has 2 amide bonds. The van der Waals surface area contributed by atoms with Gasteiger partial charge in [-0.3, -0.25) is 25.0 Å². The lowest BCUT2D eigenvalue weighted by atomic mass is 10.1. The topological polar surface area (TPSA) is 114 Å². The van der Waals surface area contributed by atoms with Crippen LogP contribution >= 0.6 is 22.9 Å². The summed E-state index contributed by atoms with van der Waals surface area (Å²) in [5.74, 6) is -0.536. The monoisotopic (exact) mass is 458 g/mol. The molecule has 1 heterocycles. The molecule has 0 aliphatic rings. The fraction of sp³-hybridized carbons (Fsp3) is 0.190. The van der Waals surface area contributed by atoms with Crippen LogP contribution in [0.1, 0.15) is 29.3 Å². The van der Waals surface area contributed by atoms with Gasteiger partial charge in [0, 0.05) is 36.0 Å². The number of nitro groups is 1. The number of benzene rings is 2. The first-order valence-electron chi connectivity index (χ1n) is 9.38. The molecule has 2 aromatic carbocycles. The molecule has 0 unspecified atom stereocenters. The third-order valence-corrected chi connectivity index (χ3v) is 5.47. The van der Waals surface area contributed by atoms with Gasteiger partial charge in [0.2, 0.25) is 5.91 Å². The van der Waals surface area contributed by atoms with Gasteiger partial charge in [-0.1, -0.05) is 35.9 Å². The number of carbonyl (C=O) groups excluding carboxylic acids is 2. The molecule has 31 heavy (non-hydrogen) atoms. The number of hydrogen-bond acceptors (Lipinski definition) is 6. The van der Waals surface area contributed by atoms with E-state index in [1.165, 1.54) is 30.4 Å². The van der Waals surface area contributed by atoms with Crippen molar-refractivity contribution in [2.24, 2.45) is 0 Å². The van der Waals surface area contributed by atoms with Crippen molar-refractivity contribution in [2.45, 2.75) is 19.8 Å². The van der Waals surface area contributed by atoms with Gasteiger partial charge in [-0.2, -0.15) is 0 Å². The maximum Gasteiger partial charge on any atom is 0.288 e. The molecule has 160 valence electrons. The van der Waals surface area contributed by atoms with Crippen molar-refractivity contribution in [3.05, 3.63) is 74.1 Å². The molecule has 10 heteroatoms. The van der Waals surface area contributed by atoms with E-state index in [0.717, 1.165) is 30.0 Å². The predicted octanol–water partition coefficient (Wildman–Crippen LogP) is 4.69. The van der Waals surface area contributed by atoms with E-state index in [4.69, 9.17) is 11.6 Å². The maximum atomic E-state index is 12.4. The number of halogens is 1. The zero-order chi connectivity index (χ0) is 22.4. The number of aromatic nitrogens is 1. The average Bonchev–Trinajstić information content (AvgIpc) is 3.20. The molecule has 0 bridgehead atoms. The fourth-order valence-corrected chi connectivity index (χ4v) is 3.73. The minimum atomic E-state index is -0.635. The highest BCUT2D eigenvalue weighted by Crippen LogP contribution is 2.28. The molecular formula is C21H19ClN4O4S.